The van der Waals surface area contributed by atoms with E-state index in [1.54, 1.807) is 0 Å². The Bertz CT molecular complexity index is 761. The number of hydrogen-bond donors (Lipinski definition) is 0. The molecule has 0 amide bonds. The van der Waals surface area contributed by atoms with Gasteiger partial charge in [0.1, 0.15) is 25.6 Å². The van der Waals surface area contributed by atoms with Crippen LogP contribution in [0.1, 0.15) is 15.9 Å². The normalized spacial score (nSPS) is 12.6. The average molecular weight is 353 g/mol. The van der Waals surface area contributed by atoms with Crippen molar-refractivity contribution in [1.82, 2.24) is 0 Å². The van der Waals surface area contributed by atoms with E-state index in [9.17, 15) is 9.18 Å². The van der Waals surface area contributed by atoms with Gasteiger partial charge in [-0.05, 0) is 24.3 Å². The van der Waals surface area contributed by atoms with Gasteiger partial charge in [0, 0.05) is 5.56 Å². The molecule has 0 unspecified atom stereocenters. The van der Waals surface area contributed by atoms with Crippen molar-refractivity contribution in [1.29, 1.82) is 0 Å². The summed E-state index contributed by atoms with van der Waals surface area (Å²) in [6.45, 7) is 0.727. The van der Waals surface area contributed by atoms with E-state index in [2.05, 4.69) is 0 Å². The second-order valence-corrected chi connectivity index (χ2v) is 5.42. The molecule has 24 heavy (non-hydrogen) atoms. The first kappa shape index (κ1) is 16.4. The number of esters is 1. The van der Waals surface area contributed by atoms with Gasteiger partial charge in [-0.25, -0.2) is 9.18 Å². The lowest BCUT2D eigenvalue weighted by Crippen LogP contribution is -2.17. The fraction of sp³-hybridized carbons (Fsp3) is 0.235. The Morgan fingerprint density at radius 2 is 2.04 bits per heavy atom. The second-order valence-electron chi connectivity index (χ2n) is 5.01. The van der Waals surface area contributed by atoms with Crippen LogP contribution in [0.5, 0.6) is 17.2 Å². The van der Waals surface area contributed by atoms with Crippen molar-refractivity contribution in [2.24, 2.45) is 0 Å². The van der Waals surface area contributed by atoms with Gasteiger partial charge in [-0.3, -0.25) is 0 Å². The number of methoxy groups -OCH3 is 1. The fourth-order valence-corrected chi connectivity index (χ4v) is 2.48. The molecule has 2 aromatic carbocycles. The van der Waals surface area contributed by atoms with Gasteiger partial charge in [-0.1, -0.05) is 17.7 Å². The summed E-state index contributed by atoms with van der Waals surface area (Å²) in [5, 5.41) is 0.197. The molecule has 0 saturated carbocycles. The van der Waals surface area contributed by atoms with E-state index in [4.69, 9.17) is 30.5 Å². The summed E-state index contributed by atoms with van der Waals surface area (Å²) in [4.78, 5) is 12.3. The van der Waals surface area contributed by atoms with Gasteiger partial charge in [-0.2, -0.15) is 0 Å². The Labute approximate surface area is 142 Å². The molecule has 1 aliphatic heterocycles. The lowest BCUT2D eigenvalue weighted by molar-refractivity contribution is 0.0471. The van der Waals surface area contributed by atoms with E-state index < -0.39 is 11.8 Å². The summed E-state index contributed by atoms with van der Waals surface area (Å²) < 4.78 is 34.4. The smallest absolute Gasteiger partial charge is 0.338 e. The zero-order chi connectivity index (χ0) is 17.1. The lowest BCUT2D eigenvalue weighted by Gasteiger charge is -2.21. The Kier molecular flexibility index (Phi) is 4.76. The molecule has 126 valence electrons. The first-order valence-corrected chi connectivity index (χ1v) is 7.55. The number of hydrogen-bond acceptors (Lipinski definition) is 5. The zero-order valence-corrected chi connectivity index (χ0v) is 13.6. The van der Waals surface area contributed by atoms with Crippen molar-refractivity contribution in [2.75, 3.05) is 20.3 Å². The maximum absolute atomic E-state index is 13.0. The highest BCUT2D eigenvalue weighted by molar-refractivity contribution is 6.31. The van der Waals surface area contributed by atoms with E-state index in [0.717, 1.165) is 6.07 Å². The maximum Gasteiger partial charge on any atom is 0.338 e. The Morgan fingerprint density at radius 3 is 2.79 bits per heavy atom. The van der Waals surface area contributed by atoms with Gasteiger partial charge < -0.3 is 18.9 Å². The van der Waals surface area contributed by atoms with Crippen LogP contribution in [0.3, 0.4) is 0 Å². The number of fused-ring (bicyclic) bond motifs is 1. The molecule has 0 N–H and O–H groups in total. The topological polar surface area (TPSA) is 54.0 Å². The van der Waals surface area contributed by atoms with E-state index in [0.29, 0.717) is 36.0 Å². The van der Waals surface area contributed by atoms with Crippen molar-refractivity contribution in [2.45, 2.75) is 6.61 Å². The van der Waals surface area contributed by atoms with Crippen molar-refractivity contribution < 1.29 is 28.1 Å². The van der Waals surface area contributed by atoms with Crippen LogP contribution in [0.4, 0.5) is 4.39 Å². The lowest BCUT2D eigenvalue weighted by atomic mass is 10.1. The molecule has 0 saturated heterocycles. The van der Waals surface area contributed by atoms with Gasteiger partial charge >= 0.3 is 5.97 Å². The first-order chi connectivity index (χ1) is 11.6. The molecular weight excluding hydrogens is 339 g/mol. The summed E-state index contributed by atoms with van der Waals surface area (Å²) >= 11 is 5.91. The molecule has 2 aromatic rings. The van der Waals surface area contributed by atoms with Crippen LogP contribution in [0.25, 0.3) is 0 Å². The number of halogens is 2. The van der Waals surface area contributed by atoms with E-state index in [1.165, 1.54) is 31.4 Å². The molecular formula is C17H14ClFO5. The third kappa shape index (κ3) is 3.38. The van der Waals surface area contributed by atoms with Gasteiger partial charge in [0.2, 0.25) is 5.75 Å². The summed E-state index contributed by atoms with van der Waals surface area (Å²) in [5.74, 6) is 0.241. The predicted octanol–water partition coefficient (Wildman–Crippen LogP) is 3.62. The number of ether oxygens (including phenoxy) is 4. The van der Waals surface area contributed by atoms with Crippen LogP contribution >= 0.6 is 11.6 Å². The van der Waals surface area contributed by atoms with Crippen LogP contribution in [-0.2, 0) is 11.3 Å². The minimum Gasteiger partial charge on any atom is -0.493 e. The number of rotatable bonds is 4. The summed E-state index contributed by atoms with van der Waals surface area (Å²) in [6, 6.07) is 6.93. The van der Waals surface area contributed by atoms with Crippen molar-refractivity contribution in [3.05, 3.63) is 52.3 Å². The zero-order valence-electron chi connectivity index (χ0n) is 12.8. The highest BCUT2D eigenvalue weighted by Crippen LogP contribution is 2.40. The Morgan fingerprint density at radius 1 is 1.25 bits per heavy atom. The SMILES string of the molecule is COc1cc(C(=O)OCc2ccc(F)cc2Cl)cc2c1OCCO2. The van der Waals surface area contributed by atoms with Crippen LogP contribution in [-0.4, -0.2) is 26.3 Å². The molecule has 0 radical (unpaired) electrons. The summed E-state index contributed by atoms with van der Waals surface area (Å²) in [6.07, 6.45) is 0. The van der Waals surface area contributed by atoms with Gasteiger partial charge in [-0.15, -0.1) is 0 Å². The summed E-state index contributed by atoms with van der Waals surface area (Å²) in [7, 11) is 1.47. The summed E-state index contributed by atoms with van der Waals surface area (Å²) in [5.41, 5.74) is 0.769. The standard InChI is InChI=1S/C17H14ClFO5/c1-21-14-6-11(7-15-16(14)23-5-4-22-15)17(20)24-9-10-2-3-12(19)8-13(10)18/h2-3,6-8H,4-5,9H2,1H3. The molecule has 7 heteroatoms. The minimum absolute atomic E-state index is 0.0747. The molecule has 5 nitrogen and oxygen atoms in total. The third-order valence-electron chi connectivity index (χ3n) is 3.44. The maximum atomic E-state index is 13.0. The highest BCUT2D eigenvalue weighted by Gasteiger charge is 2.21. The van der Waals surface area contributed by atoms with Crippen molar-refractivity contribution >= 4 is 17.6 Å². The van der Waals surface area contributed by atoms with Gasteiger partial charge in [0.05, 0.1) is 17.7 Å². The number of carbonyl (C=O) groups excluding carboxylic acids is 1. The van der Waals surface area contributed by atoms with Gasteiger partial charge in [0.25, 0.3) is 0 Å². The van der Waals surface area contributed by atoms with Crippen molar-refractivity contribution in [3.8, 4) is 17.2 Å². The second kappa shape index (κ2) is 6.97. The third-order valence-corrected chi connectivity index (χ3v) is 3.79. The van der Waals surface area contributed by atoms with Crippen molar-refractivity contribution in [3.63, 3.8) is 0 Å². The van der Waals surface area contributed by atoms with Gasteiger partial charge in [0.15, 0.2) is 11.5 Å². The highest BCUT2D eigenvalue weighted by atomic mass is 35.5. The van der Waals surface area contributed by atoms with Crippen LogP contribution in [0, 0.1) is 5.82 Å². The molecule has 0 aromatic heterocycles. The predicted molar refractivity (Wildman–Crippen MR) is 84.5 cm³/mol. The van der Waals surface area contributed by atoms with E-state index in [1.807, 2.05) is 0 Å². The van der Waals surface area contributed by atoms with Crippen LogP contribution in [0.2, 0.25) is 5.02 Å². The molecule has 0 aliphatic carbocycles. The first-order valence-electron chi connectivity index (χ1n) is 7.17. The molecule has 0 atom stereocenters. The molecule has 1 aliphatic rings. The number of benzene rings is 2. The molecule has 0 bridgehead atoms. The monoisotopic (exact) mass is 352 g/mol. The fourth-order valence-electron chi connectivity index (χ4n) is 2.26. The molecule has 0 spiro atoms. The van der Waals surface area contributed by atoms with E-state index in [-0.39, 0.29) is 17.2 Å². The Hall–Kier alpha value is -2.47. The molecule has 0 fully saturated rings. The largest absolute Gasteiger partial charge is 0.493 e. The minimum atomic E-state index is -0.578. The molecule has 3 rings (SSSR count). The number of carbonyl (C=O) groups is 1. The van der Waals surface area contributed by atoms with Crippen LogP contribution in [0.15, 0.2) is 30.3 Å². The van der Waals surface area contributed by atoms with Crippen LogP contribution < -0.4 is 14.2 Å². The quantitative estimate of drug-likeness (QED) is 0.787. The average Bonchev–Trinajstić information content (AvgIpc) is 2.59. The van der Waals surface area contributed by atoms with E-state index >= 15 is 0 Å². The Balaban J connectivity index is 1.77. The molecule has 1 heterocycles.